The molecule has 1 N–H and O–H groups in total. The highest BCUT2D eigenvalue weighted by Crippen LogP contribution is 2.22. The lowest BCUT2D eigenvalue weighted by Crippen LogP contribution is -2.32. The molecule has 0 radical (unpaired) electrons. The standard InChI is InChI=1S/C20H26N2O5S2/c1-27-18-8-6-7-17(15-18)16-21-28(23,24)19-9-11-20(12-10-19)29(25,26)22-13-4-2-3-5-14-22/h6-12,15,21H,2-5,13-14,16H2,1H3. The molecule has 0 amide bonds. The van der Waals surface area contributed by atoms with Gasteiger partial charge in [0.2, 0.25) is 20.0 Å². The van der Waals surface area contributed by atoms with Crippen LogP contribution < -0.4 is 9.46 Å². The number of hydrogen-bond donors (Lipinski definition) is 1. The molecule has 0 unspecified atom stereocenters. The lowest BCUT2D eigenvalue weighted by atomic mass is 10.2. The van der Waals surface area contributed by atoms with Crippen LogP contribution in [0.1, 0.15) is 31.2 Å². The van der Waals surface area contributed by atoms with Crippen LogP contribution in [-0.2, 0) is 26.6 Å². The molecule has 3 rings (SSSR count). The fourth-order valence-electron chi connectivity index (χ4n) is 3.27. The van der Waals surface area contributed by atoms with Gasteiger partial charge < -0.3 is 4.74 Å². The molecule has 0 saturated carbocycles. The van der Waals surface area contributed by atoms with Crippen molar-refractivity contribution in [2.45, 2.75) is 42.0 Å². The third-order valence-electron chi connectivity index (χ3n) is 4.94. The molecule has 1 saturated heterocycles. The number of methoxy groups -OCH3 is 1. The average molecular weight is 439 g/mol. The molecule has 158 valence electrons. The minimum Gasteiger partial charge on any atom is -0.497 e. The van der Waals surface area contributed by atoms with Crippen molar-refractivity contribution >= 4 is 20.0 Å². The first-order chi connectivity index (χ1) is 13.8. The fourth-order valence-corrected chi connectivity index (χ4v) is 5.80. The van der Waals surface area contributed by atoms with Crippen molar-refractivity contribution in [1.29, 1.82) is 0 Å². The van der Waals surface area contributed by atoms with Gasteiger partial charge in [0.25, 0.3) is 0 Å². The predicted molar refractivity (Wildman–Crippen MR) is 111 cm³/mol. The van der Waals surface area contributed by atoms with Gasteiger partial charge in [0.15, 0.2) is 0 Å². The zero-order valence-electron chi connectivity index (χ0n) is 16.4. The Hall–Kier alpha value is -1.94. The zero-order valence-corrected chi connectivity index (χ0v) is 18.0. The number of benzene rings is 2. The molecule has 1 aliphatic rings. The van der Waals surface area contributed by atoms with Gasteiger partial charge in [-0.15, -0.1) is 0 Å². The lowest BCUT2D eigenvalue weighted by Gasteiger charge is -2.20. The molecule has 9 heteroatoms. The van der Waals surface area contributed by atoms with Crippen LogP contribution in [0.4, 0.5) is 0 Å². The third-order valence-corrected chi connectivity index (χ3v) is 8.27. The fraction of sp³-hybridized carbons (Fsp3) is 0.400. The molecule has 1 heterocycles. The van der Waals surface area contributed by atoms with E-state index in [1.807, 2.05) is 0 Å². The summed E-state index contributed by atoms with van der Waals surface area (Å²) in [6, 6.07) is 12.5. The van der Waals surface area contributed by atoms with E-state index in [0.717, 1.165) is 31.2 Å². The van der Waals surface area contributed by atoms with Crippen molar-refractivity contribution in [1.82, 2.24) is 9.03 Å². The van der Waals surface area contributed by atoms with Crippen LogP contribution in [0.2, 0.25) is 0 Å². The highest BCUT2D eigenvalue weighted by atomic mass is 32.2. The van der Waals surface area contributed by atoms with Gasteiger partial charge in [-0.3, -0.25) is 0 Å². The van der Waals surface area contributed by atoms with E-state index < -0.39 is 20.0 Å². The molecule has 0 aromatic heterocycles. The summed E-state index contributed by atoms with van der Waals surface area (Å²) in [6.07, 6.45) is 3.75. The quantitative estimate of drug-likeness (QED) is 0.718. The number of nitrogens with one attached hydrogen (secondary N) is 1. The van der Waals surface area contributed by atoms with E-state index in [4.69, 9.17) is 4.74 Å². The van der Waals surface area contributed by atoms with Crippen molar-refractivity contribution in [3.63, 3.8) is 0 Å². The lowest BCUT2D eigenvalue weighted by molar-refractivity contribution is 0.414. The van der Waals surface area contributed by atoms with Crippen molar-refractivity contribution < 1.29 is 21.6 Å². The Morgan fingerprint density at radius 1 is 0.897 bits per heavy atom. The Morgan fingerprint density at radius 2 is 1.52 bits per heavy atom. The van der Waals surface area contributed by atoms with Gasteiger partial charge in [-0.2, -0.15) is 4.31 Å². The summed E-state index contributed by atoms with van der Waals surface area (Å²) < 4.78 is 59.9. The van der Waals surface area contributed by atoms with Crippen LogP contribution in [0.5, 0.6) is 5.75 Å². The summed E-state index contributed by atoms with van der Waals surface area (Å²) in [7, 11) is -5.83. The summed E-state index contributed by atoms with van der Waals surface area (Å²) in [5.41, 5.74) is 0.758. The predicted octanol–water partition coefficient (Wildman–Crippen LogP) is 2.74. The summed E-state index contributed by atoms with van der Waals surface area (Å²) in [5.74, 6) is 0.643. The van der Waals surface area contributed by atoms with Crippen molar-refractivity contribution in [2.75, 3.05) is 20.2 Å². The second-order valence-corrected chi connectivity index (χ2v) is 10.7. The van der Waals surface area contributed by atoms with Crippen LogP contribution in [0.3, 0.4) is 0 Å². The van der Waals surface area contributed by atoms with Gasteiger partial charge in [-0.1, -0.05) is 25.0 Å². The second kappa shape index (κ2) is 9.25. The summed E-state index contributed by atoms with van der Waals surface area (Å²) in [4.78, 5) is 0.140. The molecule has 1 fully saturated rings. The third kappa shape index (κ3) is 5.36. The van der Waals surface area contributed by atoms with Gasteiger partial charge in [0.1, 0.15) is 5.75 Å². The molecule has 7 nitrogen and oxygen atoms in total. The van der Waals surface area contributed by atoms with E-state index >= 15 is 0 Å². The maximum absolute atomic E-state index is 12.8. The Morgan fingerprint density at radius 3 is 2.14 bits per heavy atom. The van der Waals surface area contributed by atoms with E-state index in [-0.39, 0.29) is 16.3 Å². The number of rotatable bonds is 7. The number of ether oxygens (including phenoxy) is 1. The first-order valence-electron chi connectivity index (χ1n) is 9.56. The van der Waals surface area contributed by atoms with Gasteiger partial charge in [-0.25, -0.2) is 21.6 Å². The van der Waals surface area contributed by atoms with E-state index in [1.165, 1.54) is 28.6 Å². The van der Waals surface area contributed by atoms with Crippen molar-refractivity contribution in [3.05, 3.63) is 54.1 Å². The molecule has 0 bridgehead atoms. The van der Waals surface area contributed by atoms with Crippen LogP contribution in [0.15, 0.2) is 58.3 Å². The minimum absolute atomic E-state index is 0.0233. The van der Waals surface area contributed by atoms with Crippen LogP contribution >= 0.6 is 0 Å². The molecular weight excluding hydrogens is 412 g/mol. The number of nitrogens with zero attached hydrogens (tertiary/aromatic N) is 1. The first kappa shape index (κ1) is 21.8. The summed E-state index contributed by atoms with van der Waals surface area (Å²) >= 11 is 0. The normalized spacial score (nSPS) is 16.3. The van der Waals surface area contributed by atoms with Gasteiger partial charge in [0.05, 0.1) is 16.9 Å². The van der Waals surface area contributed by atoms with Gasteiger partial charge in [-0.05, 0) is 54.8 Å². The highest BCUT2D eigenvalue weighted by Gasteiger charge is 2.25. The Labute approximate surface area is 172 Å². The Balaban J connectivity index is 1.72. The van der Waals surface area contributed by atoms with Gasteiger partial charge in [0, 0.05) is 19.6 Å². The first-order valence-corrected chi connectivity index (χ1v) is 12.5. The number of hydrogen-bond acceptors (Lipinski definition) is 5. The zero-order chi connectivity index (χ0) is 20.9. The molecule has 2 aromatic carbocycles. The average Bonchev–Trinajstić information content (AvgIpc) is 3.03. The summed E-state index contributed by atoms with van der Waals surface area (Å²) in [6.45, 7) is 1.11. The largest absolute Gasteiger partial charge is 0.497 e. The Bertz CT molecular complexity index is 1030. The van der Waals surface area contributed by atoms with Gasteiger partial charge >= 0.3 is 0 Å². The smallest absolute Gasteiger partial charge is 0.243 e. The number of sulfonamides is 2. The topological polar surface area (TPSA) is 92.8 Å². The van der Waals surface area contributed by atoms with Crippen LogP contribution in [0, 0.1) is 0 Å². The molecule has 0 atom stereocenters. The van der Waals surface area contributed by atoms with Crippen molar-refractivity contribution in [3.8, 4) is 5.75 Å². The van der Waals surface area contributed by atoms with E-state index in [9.17, 15) is 16.8 Å². The summed E-state index contributed by atoms with van der Waals surface area (Å²) in [5, 5.41) is 0. The molecular formula is C20H26N2O5S2. The SMILES string of the molecule is COc1cccc(CNS(=O)(=O)c2ccc(S(=O)(=O)N3CCCCCC3)cc2)c1. The Kier molecular flexibility index (Phi) is 6.94. The minimum atomic E-state index is -3.77. The van der Waals surface area contributed by atoms with E-state index in [1.54, 1.807) is 31.4 Å². The maximum atomic E-state index is 12.8. The molecule has 0 aliphatic carbocycles. The monoisotopic (exact) mass is 438 g/mol. The second-order valence-electron chi connectivity index (χ2n) is 6.97. The van der Waals surface area contributed by atoms with Crippen LogP contribution in [-0.4, -0.2) is 41.3 Å². The van der Waals surface area contributed by atoms with E-state index in [0.29, 0.717) is 18.8 Å². The van der Waals surface area contributed by atoms with Crippen molar-refractivity contribution in [2.24, 2.45) is 0 Å². The van der Waals surface area contributed by atoms with E-state index in [2.05, 4.69) is 4.72 Å². The van der Waals surface area contributed by atoms with Crippen LogP contribution in [0.25, 0.3) is 0 Å². The molecule has 29 heavy (non-hydrogen) atoms. The highest BCUT2D eigenvalue weighted by molar-refractivity contribution is 7.89. The molecule has 1 aliphatic heterocycles. The molecule has 2 aromatic rings. The maximum Gasteiger partial charge on any atom is 0.243 e. The molecule has 0 spiro atoms.